The van der Waals surface area contributed by atoms with Crippen LogP contribution in [0.2, 0.25) is 0 Å². The van der Waals surface area contributed by atoms with Gasteiger partial charge in [-0.1, -0.05) is 12.1 Å². The van der Waals surface area contributed by atoms with Crippen molar-refractivity contribution < 1.29 is 13.5 Å². The van der Waals surface area contributed by atoms with Gasteiger partial charge in [0.05, 0.1) is 11.6 Å². The van der Waals surface area contributed by atoms with Crippen molar-refractivity contribution in [3.05, 3.63) is 29.8 Å². The highest BCUT2D eigenvalue weighted by Crippen LogP contribution is 2.18. The van der Waals surface area contributed by atoms with Crippen molar-refractivity contribution in [2.24, 2.45) is 0 Å². The average molecular weight is 250 g/mol. The van der Waals surface area contributed by atoms with Gasteiger partial charge in [0.1, 0.15) is 0 Å². The number of hydrogen-bond donors (Lipinski definition) is 2. The van der Waals surface area contributed by atoms with Gasteiger partial charge in [0.25, 0.3) is 9.05 Å². The molecule has 6 heteroatoms. The lowest BCUT2D eigenvalue weighted by Crippen LogP contribution is -2.19. The van der Waals surface area contributed by atoms with Crippen LogP contribution in [0.15, 0.2) is 29.2 Å². The average Bonchev–Trinajstić information content (AvgIpc) is 2.17. The van der Waals surface area contributed by atoms with Crippen molar-refractivity contribution in [3.8, 4) is 0 Å². The van der Waals surface area contributed by atoms with E-state index in [1.807, 2.05) is 6.92 Å². The maximum absolute atomic E-state index is 10.9. The maximum atomic E-state index is 10.9. The van der Waals surface area contributed by atoms with E-state index in [4.69, 9.17) is 15.8 Å². The highest BCUT2D eigenvalue weighted by Gasteiger charge is 2.10. The summed E-state index contributed by atoms with van der Waals surface area (Å²) in [7, 11) is 1.51. The van der Waals surface area contributed by atoms with Crippen LogP contribution in [0.3, 0.4) is 0 Å². The van der Waals surface area contributed by atoms with Gasteiger partial charge in [-0.25, -0.2) is 8.42 Å². The molecule has 4 nitrogen and oxygen atoms in total. The Balaban J connectivity index is 2.90. The van der Waals surface area contributed by atoms with Crippen LogP contribution in [0.4, 0.5) is 0 Å². The molecule has 15 heavy (non-hydrogen) atoms. The highest BCUT2D eigenvalue weighted by molar-refractivity contribution is 8.13. The van der Waals surface area contributed by atoms with Gasteiger partial charge in [-0.3, -0.25) is 5.32 Å². The zero-order valence-electron chi connectivity index (χ0n) is 8.14. The number of rotatable bonds is 4. The van der Waals surface area contributed by atoms with Crippen LogP contribution in [0.5, 0.6) is 0 Å². The summed E-state index contributed by atoms with van der Waals surface area (Å²) < 4.78 is 21.9. The van der Waals surface area contributed by atoms with E-state index < -0.39 is 9.05 Å². The second-order valence-electron chi connectivity index (χ2n) is 3.09. The van der Waals surface area contributed by atoms with Gasteiger partial charge in [0, 0.05) is 16.7 Å². The van der Waals surface area contributed by atoms with Crippen LogP contribution < -0.4 is 5.32 Å². The van der Waals surface area contributed by atoms with Gasteiger partial charge < -0.3 is 5.11 Å². The van der Waals surface area contributed by atoms with E-state index in [0.29, 0.717) is 0 Å². The lowest BCUT2D eigenvalue weighted by Gasteiger charge is -2.11. The third-order valence-corrected chi connectivity index (χ3v) is 3.43. The molecular weight excluding hydrogens is 238 g/mol. The molecule has 84 valence electrons. The summed E-state index contributed by atoms with van der Waals surface area (Å²) in [6, 6.07) is 6.15. The maximum Gasteiger partial charge on any atom is 0.261 e. The molecule has 0 spiro atoms. The zero-order chi connectivity index (χ0) is 11.5. The summed E-state index contributed by atoms with van der Waals surface area (Å²) in [4.78, 5) is 0.0733. The molecule has 0 saturated carbocycles. The van der Waals surface area contributed by atoms with Crippen LogP contribution in [-0.4, -0.2) is 20.3 Å². The van der Waals surface area contributed by atoms with Crippen molar-refractivity contribution in [1.29, 1.82) is 0 Å². The topological polar surface area (TPSA) is 66.4 Å². The van der Waals surface area contributed by atoms with Gasteiger partial charge in [0.2, 0.25) is 0 Å². The van der Waals surface area contributed by atoms with Crippen molar-refractivity contribution >= 4 is 19.7 Å². The van der Waals surface area contributed by atoms with E-state index in [-0.39, 0.29) is 17.7 Å². The first-order chi connectivity index (χ1) is 6.95. The van der Waals surface area contributed by atoms with E-state index in [2.05, 4.69) is 5.32 Å². The number of halogens is 1. The van der Waals surface area contributed by atoms with E-state index >= 15 is 0 Å². The second kappa shape index (κ2) is 4.94. The van der Waals surface area contributed by atoms with Crippen molar-refractivity contribution in [2.75, 3.05) is 6.73 Å². The Morgan fingerprint density at radius 2 is 1.93 bits per heavy atom. The standard InChI is InChI=1S/C9H12ClNO3S/c1-7(11-6-12)8-2-4-9(5-3-8)15(10,13)14/h2-5,7,11-12H,6H2,1H3/t7-/m0/s1. The molecule has 0 unspecified atom stereocenters. The highest BCUT2D eigenvalue weighted by atomic mass is 35.7. The van der Waals surface area contributed by atoms with E-state index in [1.54, 1.807) is 12.1 Å². The smallest absolute Gasteiger partial charge is 0.261 e. The van der Waals surface area contributed by atoms with Crippen molar-refractivity contribution in [3.63, 3.8) is 0 Å². The first-order valence-electron chi connectivity index (χ1n) is 4.34. The first-order valence-corrected chi connectivity index (χ1v) is 6.65. The number of aliphatic hydroxyl groups is 1. The molecule has 0 fully saturated rings. The fourth-order valence-electron chi connectivity index (χ4n) is 1.17. The number of aliphatic hydroxyl groups excluding tert-OH is 1. The molecule has 1 aromatic rings. The molecule has 2 N–H and O–H groups in total. The Morgan fingerprint density at radius 3 is 2.33 bits per heavy atom. The molecular formula is C9H12ClNO3S. The van der Waals surface area contributed by atoms with Crippen LogP contribution in [0.25, 0.3) is 0 Å². The van der Waals surface area contributed by atoms with Gasteiger partial charge >= 0.3 is 0 Å². The van der Waals surface area contributed by atoms with Crippen LogP contribution in [0, 0.1) is 0 Å². The van der Waals surface area contributed by atoms with E-state index in [1.165, 1.54) is 12.1 Å². The number of nitrogens with one attached hydrogen (secondary N) is 1. The Kier molecular flexibility index (Phi) is 4.10. The summed E-state index contributed by atoms with van der Waals surface area (Å²) in [6.45, 7) is 1.73. The largest absolute Gasteiger partial charge is 0.381 e. The first kappa shape index (κ1) is 12.4. The monoisotopic (exact) mass is 249 g/mol. The molecule has 0 heterocycles. The zero-order valence-corrected chi connectivity index (χ0v) is 9.72. The predicted octanol–water partition coefficient (Wildman–Crippen LogP) is 1.21. The summed E-state index contributed by atoms with van der Waals surface area (Å²) in [6.07, 6.45) is 0. The molecule has 1 rings (SSSR count). The summed E-state index contributed by atoms with van der Waals surface area (Å²) in [5.41, 5.74) is 0.883. The quantitative estimate of drug-likeness (QED) is 0.622. The van der Waals surface area contributed by atoms with Gasteiger partial charge in [-0.2, -0.15) is 0 Å². The van der Waals surface area contributed by atoms with E-state index in [9.17, 15) is 8.42 Å². The number of hydrogen-bond acceptors (Lipinski definition) is 4. The summed E-state index contributed by atoms with van der Waals surface area (Å²) in [5, 5.41) is 11.4. The Bertz CT molecular complexity index is 415. The molecule has 0 aliphatic heterocycles. The summed E-state index contributed by atoms with van der Waals surface area (Å²) >= 11 is 0. The Hall–Kier alpha value is -0.620. The molecule has 0 aromatic heterocycles. The van der Waals surface area contributed by atoms with Crippen molar-refractivity contribution in [1.82, 2.24) is 5.32 Å². The fourth-order valence-corrected chi connectivity index (χ4v) is 1.94. The number of benzene rings is 1. The lowest BCUT2D eigenvalue weighted by molar-refractivity contribution is 0.245. The van der Waals surface area contributed by atoms with Crippen LogP contribution in [-0.2, 0) is 9.05 Å². The Morgan fingerprint density at radius 1 is 1.40 bits per heavy atom. The SMILES string of the molecule is C[C@H](NCO)c1ccc(S(=O)(=O)Cl)cc1. The molecule has 1 atom stereocenters. The molecule has 0 bridgehead atoms. The molecule has 0 saturated heterocycles. The second-order valence-corrected chi connectivity index (χ2v) is 5.66. The third kappa shape index (κ3) is 3.46. The lowest BCUT2D eigenvalue weighted by atomic mass is 10.1. The molecule has 0 aliphatic carbocycles. The van der Waals surface area contributed by atoms with Crippen molar-refractivity contribution in [2.45, 2.75) is 17.9 Å². The molecule has 0 aliphatic rings. The Labute approximate surface area is 93.3 Å². The van der Waals surface area contributed by atoms with Gasteiger partial charge in [-0.05, 0) is 24.6 Å². The molecule has 0 radical (unpaired) electrons. The minimum absolute atomic E-state index is 0.0397. The fraction of sp³-hybridized carbons (Fsp3) is 0.333. The molecule has 1 aromatic carbocycles. The minimum atomic E-state index is -3.66. The minimum Gasteiger partial charge on any atom is -0.381 e. The van der Waals surface area contributed by atoms with Crippen LogP contribution >= 0.6 is 10.7 Å². The van der Waals surface area contributed by atoms with Gasteiger partial charge in [-0.15, -0.1) is 0 Å². The normalized spacial score (nSPS) is 13.8. The van der Waals surface area contributed by atoms with Crippen LogP contribution in [0.1, 0.15) is 18.5 Å². The third-order valence-electron chi connectivity index (χ3n) is 2.06. The summed E-state index contributed by atoms with van der Waals surface area (Å²) in [5.74, 6) is 0. The molecule has 0 amide bonds. The van der Waals surface area contributed by atoms with Gasteiger partial charge in [0.15, 0.2) is 0 Å². The predicted molar refractivity (Wildman–Crippen MR) is 58.1 cm³/mol. The van der Waals surface area contributed by atoms with E-state index in [0.717, 1.165) is 5.56 Å².